The average molecular weight is 330 g/mol. The summed E-state index contributed by atoms with van der Waals surface area (Å²) in [6, 6.07) is 6.37. The minimum absolute atomic E-state index is 0.140. The van der Waals surface area contributed by atoms with Crippen molar-refractivity contribution >= 4 is 23.3 Å². The molecule has 0 atom stereocenters. The summed E-state index contributed by atoms with van der Waals surface area (Å²) in [5, 5.41) is 0. The molecule has 0 unspecified atom stereocenters. The van der Waals surface area contributed by atoms with E-state index in [1.54, 1.807) is 4.90 Å². The molecule has 3 rings (SSSR count). The Hall–Kier alpha value is -2.24. The first-order chi connectivity index (χ1) is 11.5. The number of urea groups is 1. The van der Waals surface area contributed by atoms with Gasteiger partial charge in [-0.25, -0.2) is 4.79 Å². The zero-order chi connectivity index (χ0) is 17.3. The number of nitrogens with zero attached hydrogens (tertiary/aromatic N) is 4. The molecule has 0 saturated carbocycles. The third-order valence-corrected chi connectivity index (χ3v) is 5.09. The molecule has 0 N–H and O–H groups in total. The Morgan fingerprint density at radius 3 is 2.42 bits per heavy atom. The van der Waals surface area contributed by atoms with Crippen LogP contribution < -0.4 is 9.80 Å². The molecule has 0 spiro atoms. The Labute approximate surface area is 143 Å². The lowest BCUT2D eigenvalue weighted by atomic mass is 10.1. The van der Waals surface area contributed by atoms with Crippen molar-refractivity contribution < 1.29 is 9.59 Å². The van der Waals surface area contributed by atoms with E-state index < -0.39 is 0 Å². The van der Waals surface area contributed by atoms with Gasteiger partial charge in [-0.2, -0.15) is 0 Å². The van der Waals surface area contributed by atoms with Crippen LogP contribution in [-0.4, -0.2) is 68.1 Å². The second-order valence-electron chi connectivity index (χ2n) is 6.37. The number of amides is 3. The van der Waals surface area contributed by atoms with Crippen LogP contribution in [0.1, 0.15) is 19.4 Å². The molecule has 2 aliphatic rings. The maximum Gasteiger partial charge on any atom is 0.320 e. The molecule has 2 aliphatic heterocycles. The van der Waals surface area contributed by atoms with Crippen molar-refractivity contribution in [2.45, 2.75) is 20.3 Å². The second-order valence-corrected chi connectivity index (χ2v) is 6.37. The van der Waals surface area contributed by atoms with Gasteiger partial charge in [-0.1, -0.05) is 0 Å². The van der Waals surface area contributed by atoms with E-state index in [1.165, 1.54) is 0 Å². The maximum absolute atomic E-state index is 12.4. The highest BCUT2D eigenvalue weighted by Gasteiger charge is 2.27. The van der Waals surface area contributed by atoms with Gasteiger partial charge in [-0.3, -0.25) is 4.79 Å². The van der Waals surface area contributed by atoms with E-state index in [-0.39, 0.29) is 11.9 Å². The number of fused-ring (bicyclic) bond motifs is 1. The van der Waals surface area contributed by atoms with Gasteiger partial charge in [0, 0.05) is 57.7 Å². The van der Waals surface area contributed by atoms with Crippen LogP contribution >= 0.6 is 0 Å². The molecule has 0 radical (unpaired) electrons. The number of carbonyl (C=O) groups excluding carboxylic acids is 2. The van der Waals surface area contributed by atoms with E-state index in [4.69, 9.17) is 0 Å². The first kappa shape index (κ1) is 16.6. The molecule has 0 bridgehead atoms. The molecule has 3 amide bonds. The SMILES string of the molecule is CCN(CC)C(=O)N1CCN(c2ccc3c(c2)CC(=O)N3C)CC1. The maximum atomic E-state index is 12.4. The van der Waals surface area contributed by atoms with Crippen LogP contribution in [-0.2, 0) is 11.2 Å². The largest absolute Gasteiger partial charge is 0.368 e. The number of anilines is 2. The first-order valence-electron chi connectivity index (χ1n) is 8.73. The van der Waals surface area contributed by atoms with Crippen LogP contribution in [0, 0.1) is 0 Å². The molecule has 0 aliphatic carbocycles. The lowest BCUT2D eigenvalue weighted by Crippen LogP contribution is -2.52. The third kappa shape index (κ3) is 2.92. The molecule has 1 fully saturated rings. The van der Waals surface area contributed by atoms with Crippen molar-refractivity contribution in [2.75, 3.05) is 56.1 Å². The predicted octanol–water partition coefficient (Wildman–Crippen LogP) is 1.79. The van der Waals surface area contributed by atoms with Gasteiger partial charge in [0.15, 0.2) is 0 Å². The lowest BCUT2D eigenvalue weighted by Gasteiger charge is -2.38. The lowest BCUT2D eigenvalue weighted by molar-refractivity contribution is -0.117. The average Bonchev–Trinajstić information content (AvgIpc) is 2.90. The Morgan fingerprint density at radius 1 is 1.12 bits per heavy atom. The summed E-state index contributed by atoms with van der Waals surface area (Å²) in [6.45, 7) is 8.67. The van der Waals surface area contributed by atoms with Gasteiger partial charge in [0.05, 0.1) is 6.42 Å². The van der Waals surface area contributed by atoms with Gasteiger partial charge in [0.25, 0.3) is 0 Å². The summed E-state index contributed by atoms with van der Waals surface area (Å²) < 4.78 is 0. The number of carbonyl (C=O) groups is 2. The topological polar surface area (TPSA) is 47.1 Å². The zero-order valence-electron chi connectivity index (χ0n) is 14.8. The van der Waals surface area contributed by atoms with Crippen LogP contribution in [0.25, 0.3) is 0 Å². The number of piperazine rings is 1. The highest BCUT2D eigenvalue weighted by Crippen LogP contribution is 2.31. The van der Waals surface area contributed by atoms with Gasteiger partial charge in [0.1, 0.15) is 0 Å². The molecule has 130 valence electrons. The first-order valence-corrected chi connectivity index (χ1v) is 8.73. The van der Waals surface area contributed by atoms with Crippen LogP contribution in [0.4, 0.5) is 16.2 Å². The van der Waals surface area contributed by atoms with Crippen molar-refractivity contribution in [1.29, 1.82) is 0 Å². The number of rotatable bonds is 3. The smallest absolute Gasteiger partial charge is 0.320 e. The molecule has 1 aromatic rings. The minimum Gasteiger partial charge on any atom is -0.368 e. The van der Waals surface area contributed by atoms with Crippen molar-refractivity contribution in [1.82, 2.24) is 9.80 Å². The summed E-state index contributed by atoms with van der Waals surface area (Å²) in [5.41, 5.74) is 3.26. The van der Waals surface area contributed by atoms with Gasteiger partial charge in [-0.05, 0) is 37.6 Å². The predicted molar refractivity (Wildman–Crippen MR) is 95.7 cm³/mol. The van der Waals surface area contributed by atoms with Crippen LogP contribution in [0.5, 0.6) is 0 Å². The summed E-state index contributed by atoms with van der Waals surface area (Å²) in [7, 11) is 1.82. The Kier molecular flexibility index (Phi) is 4.64. The summed E-state index contributed by atoms with van der Waals surface area (Å²) in [6.07, 6.45) is 0.486. The number of hydrogen-bond acceptors (Lipinski definition) is 3. The van der Waals surface area contributed by atoms with Crippen molar-refractivity contribution in [3.8, 4) is 0 Å². The van der Waals surface area contributed by atoms with E-state index in [9.17, 15) is 9.59 Å². The molecule has 1 aromatic carbocycles. The fraction of sp³-hybridized carbons (Fsp3) is 0.556. The van der Waals surface area contributed by atoms with E-state index in [0.717, 1.165) is 56.2 Å². The Bertz CT molecular complexity index is 634. The molecule has 24 heavy (non-hydrogen) atoms. The zero-order valence-corrected chi connectivity index (χ0v) is 14.8. The van der Waals surface area contributed by atoms with Crippen LogP contribution in [0.2, 0.25) is 0 Å². The third-order valence-electron chi connectivity index (χ3n) is 5.09. The summed E-state index contributed by atoms with van der Waals surface area (Å²) >= 11 is 0. The molecule has 2 heterocycles. The van der Waals surface area contributed by atoms with Crippen LogP contribution in [0.3, 0.4) is 0 Å². The van der Waals surface area contributed by atoms with E-state index in [2.05, 4.69) is 17.0 Å². The standard InChI is InChI=1S/C18H26N4O2/c1-4-20(5-2)18(24)22-10-8-21(9-11-22)15-6-7-16-14(12-15)13-17(23)19(16)3/h6-7,12H,4-5,8-11,13H2,1-3H3. The fourth-order valence-electron chi connectivity index (χ4n) is 3.50. The second kappa shape index (κ2) is 6.71. The molecule has 1 saturated heterocycles. The Morgan fingerprint density at radius 2 is 1.79 bits per heavy atom. The van der Waals surface area contributed by atoms with Crippen molar-refractivity contribution in [3.05, 3.63) is 23.8 Å². The summed E-state index contributed by atoms with van der Waals surface area (Å²) in [5.74, 6) is 0.150. The van der Waals surface area contributed by atoms with Crippen molar-refractivity contribution in [2.24, 2.45) is 0 Å². The number of hydrogen-bond donors (Lipinski definition) is 0. The van der Waals surface area contributed by atoms with Crippen molar-refractivity contribution in [3.63, 3.8) is 0 Å². The van der Waals surface area contributed by atoms with Gasteiger partial charge in [0.2, 0.25) is 5.91 Å². The fourth-order valence-corrected chi connectivity index (χ4v) is 3.50. The molecule has 0 aromatic heterocycles. The molecule has 6 nitrogen and oxygen atoms in total. The van der Waals surface area contributed by atoms with Crippen LogP contribution in [0.15, 0.2) is 18.2 Å². The number of benzene rings is 1. The van der Waals surface area contributed by atoms with E-state index in [0.29, 0.717) is 6.42 Å². The highest BCUT2D eigenvalue weighted by molar-refractivity contribution is 6.01. The minimum atomic E-state index is 0.140. The van der Waals surface area contributed by atoms with Gasteiger partial charge >= 0.3 is 6.03 Å². The highest BCUT2D eigenvalue weighted by atomic mass is 16.2. The molecular weight excluding hydrogens is 304 g/mol. The monoisotopic (exact) mass is 330 g/mol. The number of likely N-dealkylation sites (N-methyl/N-ethyl adjacent to an activating group) is 1. The summed E-state index contributed by atoms with van der Waals surface area (Å²) in [4.78, 5) is 32.1. The van der Waals surface area contributed by atoms with Gasteiger partial charge in [-0.15, -0.1) is 0 Å². The Balaban J connectivity index is 1.65. The van der Waals surface area contributed by atoms with E-state index in [1.807, 2.05) is 36.8 Å². The normalized spacial score (nSPS) is 17.3. The molecular formula is C18H26N4O2. The quantitative estimate of drug-likeness (QED) is 0.849. The molecule has 6 heteroatoms. The van der Waals surface area contributed by atoms with Gasteiger partial charge < -0.3 is 19.6 Å². The van der Waals surface area contributed by atoms with E-state index >= 15 is 0 Å².